The zero-order valence-electron chi connectivity index (χ0n) is 19.2. The van der Waals surface area contributed by atoms with Gasteiger partial charge in [0, 0.05) is 28.1 Å². The highest BCUT2D eigenvalue weighted by Gasteiger charge is 2.26. The first-order valence-corrected chi connectivity index (χ1v) is 11.3. The number of hydrogen-bond donors (Lipinski definition) is 1. The van der Waals surface area contributed by atoms with E-state index in [-0.39, 0.29) is 29.2 Å². The highest BCUT2D eigenvalue weighted by Crippen LogP contribution is 2.41. The molecule has 0 aliphatic carbocycles. The maximum absolute atomic E-state index is 13.0. The number of amides is 1. The van der Waals surface area contributed by atoms with Gasteiger partial charge in [-0.1, -0.05) is 32.9 Å². The quantitative estimate of drug-likeness (QED) is 0.259. The van der Waals surface area contributed by atoms with Gasteiger partial charge in [-0.05, 0) is 54.7 Å². The number of benzene rings is 2. The van der Waals surface area contributed by atoms with E-state index < -0.39 is 10.9 Å². The number of non-ortho nitro benzene ring substituents is 1. The number of esters is 1. The van der Waals surface area contributed by atoms with E-state index in [0.717, 1.165) is 10.4 Å². The molecule has 1 N–H and O–H groups in total. The molecule has 7 nitrogen and oxygen atoms in total. The minimum atomic E-state index is -0.561. The van der Waals surface area contributed by atoms with Gasteiger partial charge in [0.1, 0.15) is 10.6 Å². The van der Waals surface area contributed by atoms with Crippen LogP contribution >= 0.6 is 11.3 Å². The molecule has 0 atom stereocenters. The minimum Gasteiger partial charge on any atom is -0.462 e. The summed E-state index contributed by atoms with van der Waals surface area (Å²) in [4.78, 5) is 37.1. The second-order valence-electron chi connectivity index (χ2n) is 8.54. The lowest BCUT2D eigenvalue weighted by Crippen LogP contribution is -2.16. The molecule has 0 radical (unpaired) electrons. The van der Waals surface area contributed by atoms with Crippen LogP contribution in [-0.2, 0) is 10.2 Å². The van der Waals surface area contributed by atoms with Crippen LogP contribution in [0.25, 0.3) is 11.1 Å². The molecule has 2 aromatic carbocycles. The molecule has 8 heteroatoms. The number of nitro groups is 1. The number of nitrogens with zero attached hydrogens (tertiary/aromatic N) is 1. The van der Waals surface area contributed by atoms with Crippen LogP contribution in [0.4, 0.5) is 10.7 Å². The van der Waals surface area contributed by atoms with E-state index in [4.69, 9.17) is 4.74 Å². The number of nitrogens with one attached hydrogen (secondary N) is 1. The first kappa shape index (κ1) is 24.1. The summed E-state index contributed by atoms with van der Waals surface area (Å²) >= 11 is 1.26. The third-order valence-electron chi connectivity index (χ3n) is 5.17. The number of hydrogen-bond acceptors (Lipinski definition) is 6. The van der Waals surface area contributed by atoms with Crippen molar-refractivity contribution in [3.05, 3.63) is 80.2 Å². The van der Waals surface area contributed by atoms with Crippen molar-refractivity contribution in [1.29, 1.82) is 0 Å². The molecule has 0 saturated heterocycles. The minimum absolute atomic E-state index is 0.0311. The average Bonchev–Trinajstić information content (AvgIpc) is 3.09. The van der Waals surface area contributed by atoms with Gasteiger partial charge < -0.3 is 10.1 Å². The van der Waals surface area contributed by atoms with E-state index >= 15 is 0 Å². The highest BCUT2D eigenvalue weighted by atomic mass is 32.1. The Morgan fingerprint density at radius 1 is 1.06 bits per heavy atom. The van der Waals surface area contributed by atoms with E-state index in [1.807, 2.05) is 19.1 Å². The van der Waals surface area contributed by atoms with Gasteiger partial charge in [-0.25, -0.2) is 4.79 Å². The number of nitro benzene ring substituents is 1. The number of rotatable bonds is 6. The Kier molecular flexibility index (Phi) is 6.98. The second kappa shape index (κ2) is 9.54. The highest BCUT2D eigenvalue weighted by molar-refractivity contribution is 7.17. The normalized spacial score (nSPS) is 11.2. The summed E-state index contributed by atoms with van der Waals surface area (Å²) in [6.07, 6.45) is 0. The predicted octanol–water partition coefficient (Wildman–Crippen LogP) is 6.36. The number of carbonyl (C=O) groups is 2. The van der Waals surface area contributed by atoms with Crippen LogP contribution in [0.2, 0.25) is 0 Å². The van der Waals surface area contributed by atoms with Gasteiger partial charge in [-0.15, -0.1) is 11.3 Å². The first-order valence-electron chi connectivity index (χ1n) is 10.5. The summed E-state index contributed by atoms with van der Waals surface area (Å²) in [6, 6.07) is 13.3. The Bertz CT molecular complexity index is 1190. The van der Waals surface area contributed by atoms with E-state index in [9.17, 15) is 19.7 Å². The van der Waals surface area contributed by atoms with E-state index in [1.54, 1.807) is 31.2 Å². The number of carbonyl (C=O) groups excluding carboxylic acids is 2. The summed E-state index contributed by atoms with van der Waals surface area (Å²) in [5, 5.41) is 14.2. The Morgan fingerprint density at radius 2 is 1.67 bits per heavy atom. The molecule has 0 bridgehead atoms. The largest absolute Gasteiger partial charge is 0.462 e. The first-order chi connectivity index (χ1) is 15.5. The van der Waals surface area contributed by atoms with Crippen LogP contribution < -0.4 is 5.32 Å². The number of anilines is 1. The zero-order chi connectivity index (χ0) is 24.3. The maximum Gasteiger partial charge on any atom is 0.341 e. The molecular formula is C25H26N2O5S. The molecule has 3 rings (SSSR count). The van der Waals surface area contributed by atoms with Crippen LogP contribution in [0.15, 0.2) is 48.5 Å². The lowest BCUT2D eigenvalue weighted by atomic mass is 9.87. The van der Waals surface area contributed by atoms with Crippen LogP contribution in [0.5, 0.6) is 0 Å². The second-order valence-corrected chi connectivity index (χ2v) is 9.77. The molecule has 0 aliphatic heterocycles. The Labute approximate surface area is 196 Å². The van der Waals surface area contributed by atoms with Gasteiger partial charge in [0.15, 0.2) is 0 Å². The molecule has 0 spiro atoms. The lowest BCUT2D eigenvalue weighted by Gasteiger charge is -2.19. The summed E-state index contributed by atoms with van der Waals surface area (Å²) in [6.45, 7) is 10.0. The van der Waals surface area contributed by atoms with Crippen molar-refractivity contribution >= 4 is 33.9 Å². The van der Waals surface area contributed by atoms with Crippen molar-refractivity contribution in [2.45, 2.75) is 40.0 Å². The van der Waals surface area contributed by atoms with Gasteiger partial charge >= 0.3 is 5.97 Å². The molecule has 0 fully saturated rings. The molecule has 1 aromatic heterocycles. The summed E-state index contributed by atoms with van der Waals surface area (Å²) in [5.41, 5.74) is 2.97. The molecule has 172 valence electrons. The SMILES string of the molecule is CCOC(=O)c1c(NC(=O)c2ccc(C(C)(C)C)cc2)sc(C)c1-c1ccc([N+](=O)[O-])cc1. The fourth-order valence-corrected chi connectivity index (χ4v) is 4.48. The van der Waals surface area contributed by atoms with Gasteiger partial charge in [0.25, 0.3) is 11.6 Å². The fourth-order valence-electron chi connectivity index (χ4n) is 3.43. The van der Waals surface area contributed by atoms with Crippen LogP contribution in [0, 0.1) is 17.0 Å². The summed E-state index contributed by atoms with van der Waals surface area (Å²) < 4.78 is 5.25. The van der Waals surface area contributed by atoms with Crippen molar-refractivity contribution in [2.24, 2.45) is 0 Å². The van der Waals surface area contributed by atoms with Crippen LogP contribution in [0.3, 0.4) is 0 Å². The smallest absolute Gasteiger partial charge is 0.341 e. The topological polar surface area (TPSA) is 98.5 Å². The predicted molar refractivity (Wildman–Crippen MR) is 130 cm³/mol. The van der Waals surface area contributed by atoms with E-state index in [0.29, 0.717) is 21.7 Å². The number of aryl methyl sites for hydroxylation is 1. The van der Waals surface area contributed by atoms with Crippen molar-refractivity contribution in [2.75, 3.05) is 11.9 Å². The lowest BCUT2D eigenvalue weighted by molar-refractivity contribution is -0.384. The summed E-state index contributed by atoms with van der Waals surface area (Å²) in [7, 11) is 0. The van der Waals surface area contributed by atoms with Crippen molar-refractivity contribution in [1.82, 2.24) is 0 Å². The van der Waals surface area contributed by atoms with Crippen molar-refractivity contribution in [3.63, 3.8) is 0 Å². The standard InChI is InChI=1S/C25H26N2O5S/c1-6-32-24(29)21-20(16-9-13-19(14-10-16)27(30)31)15(2)33-23(21)26-22(28)17-7-11-18(12-8-17)25(3,4)5/h7-14H,6H2,1-5H3,(H,26,28). The van der Waals surface area contributed by atoms with Crippen molar-refractivity contribution < 1.29 is 19.2 Å². The Morgan fingerprint density at radius 3 is 2.18 bits per heavy atom. The van der Waals surface area contributed by atoms with Gasteiger partial charge in [-0.2, -0.15) is 0 Å². The van der Waals surface area contributed by atoms with Crippen molar-refractivity contribution in [3.8, 4) is 11.1 Å². The summed E-state index contributed by atoms with van der Waals surface area (Å²) in [5.74, 6) is -0.897. The van der Waals surface area contributed by atoms with E-state index in [2.05, 4.69) is 26.1 Å². The molecule has 1 amide bonds. The molecule has 0 saturated carbocycles. The molecule has 0 unspecified atom stereocenters. The fraction of sp³-hybridized carbons (Fsp3) is 0.280. The van der Waals surface area contributed by atoms with E-state index in [1.165, 1.54) is 23.5 Å². The Hall–Kier alpha value is -3.52. The van der Waals surface area contributed by atoms with Gasteiger partial charge in [0.2, 0.25) is 0 Å². The maximum atomic E-state index is 13.0. The molecule has 1 heterocycles. The molecule has 3 aromatic rings. The average molecular weight is 467 g/mol. The molecule has 0 aliphatic rings. The van der Waals surface area contributed by atoms with Crippen LogP contribution in [0.1, 0.15) is 58.9 Å². The van der Waals surface area contributed by atoms with Crippen LogP contribution in [-0.4, -0.2) is 23.4 Å². The van der Waals surface area contributed by atoms with Gasteiger partial charge in [0.05, 0.1) is 11.5 Å². The number of thiophene rings is 1. The third kappa shape index (κ3) is 5.28. The van der Waals surface area contributed by atoms with Gasteiger partial charge in [-0.3, -0.25) is 14.9 Å². The third-order valence-corrected chi connectivity index (χ3v) is 6.19. The number of ether oxygens (including phenoxy) is 1. The zero-order valence-corrected chi connectivity index (χ0v) is 20.0. The Balaban J connectivity index is 1.99. The molecular weight excluding hydrogens is 440 g/mol. The monoisotopic (exact) mass is 466 g/mol. The molecule has 33 heavy (non-hydrogen) atoms.